The van der Waals surface area contributed by atoms with E-state index in [9.17, 15) is 0 Å². The molecular formula is C2H5KN2O4. The van der Waals surface area contributed by atoms with E-state index in [1.54, 1.807) is 6.07 Å². The summed E-state index contributed by atoms with van der Waals surface area (Å²) in [5.41, 5.74) is 0. The van der Waals surface area contributed by atoms with Gasteiger partial charge in [-0.05, 0) is 0 Å². The fourth-order valence-corrected chi connectivity index (χ4v) is 0. The minimum atomic E-state index is -1.75. The molecule has 0 aliphatic rings. The SMILES string of the molecule is CC#N.O.O=[N+]([O-])[O-].[K+]. The first-order valence-corrected chi connectivity index (χ1v) is 1.27. The zero-order valence-corrected chi connectivity index (χ0v) is 8.24. The summed E-state index contributed by atoms with van der Waals surface area (Å²) in [6.07, 6.45) is 0. The van der Waals surface area contributed by atoms with Crippen LogP contribution in [0.3, 0.4) is 0 Å². The van der Waals surface area contributed by atoms with Gasteiger partial charge in [0, 0.05) is 6.92 Å². The van der Waals surface area contributed by atoms with E-state index in [1.807, 2.05) is 0 Å². The van der Waals surface area contributed by atoms with Crippen LogP contribution >= 0.6 is 0 Å². The van der Waals surface area contributed by atoms with Crippen molar-refractivity contribution in [2.75, 3.05) is 0 Å². The van der Waals surface area contributed by atoms with Crippen molar-refractivity contribution in [3.05, 3.63) is 15.3 Å². The van der Waals surface area contributed by atoms with Crippen LogP contribution in [0.1, 0.15) is 6.92 Å². The molecule has 0 saturated heterocycles. The average molecular weight is 160 g/mol. The van der Waals surface area contributed by atoms with Crippen molar-refractivity contribution in [3.63, 3.8) is 0 Å². The first-order chi connectivity index (χ1) is 3.15. The van der Waals surface area contributed by atoms with Gasteiger partial charge in [-0.1, -0.05) is 0 Å². The number of rotatable bonds is 0. The van der Waals surface area contributed by atoms with Crippen molar-refractivity contribution in [2.24, 2.45) is 0 Å². The van der Waals surface area contributed by atoms with Gasteiger partial charge < -0.3 is 20.8 Å². The predicted octanol–water partition coefficient (Wildman–Crippen LogP) is -3.53. The van der Waals surface area contributed by atoms with Gasteiger partial charge in [-0.15, -0.1) is 0 Å². The number of nitriles is 1. The Morgan fingerprint density at radius 1 is 1.56 bits per heavy atom. The molecule has 48 valence electrons. The average Bonchev–Trinajstić information content (AvgIpc) is 1.33. The minimum absolute atomic E-state index is 0. The maximum absolute atomic E-state index is 8.25. The summed E-state index contributed by atoms with van der Waals surface area (Å²) in [7, 11) is 0. The van der Waals surface area contributed by atoms with E-state index in [0.29, 0.717) is 0 Å². The molecule has 0 saturated carbocycles. The van der Waals surface area contributed by atoms with Crippen LogP contribution in [0.4, 0.5) is 0 Å². The van der Waals surface area contributed by atoms with Gasteiger partial charge in [-0.3, -0.25) is 0 Å². The van der Waals surface area contributed by atoms with Gasteiger partial charge in [0.15, 0.2) is 0 Å². The molecule has 0 fully saturated rings. The number of hydrogen-bond donors (Lipinski definition) is 0. The van der Waals surface area contributed by atoms with Crippen molar-refractivity contribution in [1.29, 1.82) is 5.26 Å². The Bertz CT molecular complexity index is 85.1. The van der Waals surface area contributed by atoms with E-state index in [-0.39, 0.29) is 56.9 Å². The Morgan fingerprint density at radius 2 is 1.56 bits per heavy atom. The maximum Gasteiger partial charge on any atom is 1.00 e. The Labute approximate surface area is 94.3 Å². The Morgan fingerprint density at radius 3 is 1.56 bits per heavy atom. The third kappa shape index (κ3) is 3990. The second-order valence-corrected chi connectivity index (χ2v) is 0.447. The number of nitrogens with zero attached hydrogens (tertiary/aromatic N) is 2. The van der Waals surface area contributed by atoms with E-state index in [2.05, 4.69) is 0 Å². The molecule has 0 aliphatic heterocycles. The molecule has 6 nitrogen and oxygen atoms in total. The van der Waals surface area contributed by atoms with Crippen LogP contribution in [0, 0.1) is 26.7 Å². The van der Waals surface area contributed by atoms with Crippen LogP contribution in [-0.4, -0.2) is 10.6 Å². The molecule has 0 unspecified atom stereocenters. The molecule has 0 rings (SSSR count). The van der Waals surface area contributed by atoms with E-state index in [4.69, 9.17) is 20.6 Å². The van der Waals surface area contributed by atoms with Gasteiger partial charge in [0.1, 0.15) is 0 Å². The molecule has 0 spiro atoms. The molecule has 0 bridgehead atoms. The van der Waals surface area contributed by atoms with Gasteiger partial charge in [-0.25, -0.2) is 0 Å². The first-order valence-electron chi connectivity index (χ1n) is 1.27. The van der Waals surface area contributed by atoms with E-state index in [1.165, 1.54) is 6.92 Å². The van der Waals surface area contributed by atoms with Crippen LogP contribution in [0.25, 0.3) is 0 Å². The zero-order chi connectivity index (χ0) is 6.28. The largest absolute Gasteiger partial charge is 1.00 e. The molecule has 0 atom stereocenters. The van der Waals surface area contributed by atoms with Crippen LogP contribution < -0.4 is 51.4 Å². The topological polar surface area (TPSA) is 121 Å². The van der Waals surface area contributed by atoms with Gasteiger partial charge in [0.25, 0.3) is 0 Å². The molecule has 0 aromatic rings. The quantitative estimate of drug-likeness (QED) is 0.207. The van der Waals surface area contributed by atoms with E-state index >= 15 is 0 Å². The second-order valence-electron chi connectivity index (χ2n) is 0.447. The number of hydrogen-bond acceptors (Lipinski definition) is 4. The molecule has 0 radical (unpaired) electrons. The fraction of sp³-hybridized carbons (Fsp3) is 0.500. The summed E-state index contributed by atoms with van der Waals surface area (Å²) >= 11 is 0. The summed E-state index contributed by atoms with van der Waals surface area (Å²) in [6.45, 7) is 1.43. The van der Waals surface area contributed by atoms with Crippen LogP contribution in [0.2, 0.25) is 0 Å². The monoisotopic (exact) mass is 160 g/mol. The van der Waals surface area contributed by atoms with Crippen LogP contribution in [-0.2, 0) is 0 Å². The van der Waals surface area contributed by atoms with Gasteiger partial charge in [0.05, 0.1) is 11.2 Å². The van der Waals surface area contributed by atoms with E-state index in [0.717, 1.165) is 0 Å². The van der Waals surface area contributed by atoms with Crippen molar-refractivity contribution in [2.45, 2.75) is 6.92 Å². The van der Waals surface area contributed by atoms with E-state index < -0.39 is 5.09 Å². The Hall–Kier alpha value is 0.286. The zero-order valence-electron chi connectivity index (χ0n) is 5.12. The van der Waals surface area contributed by atoms with Crippen LogP contribution in [0.5, 0.6) is 0 Å². The summed E-state index contributed by atoms with van der Waals surface area (Å²) in [4.78, 5) is 8.25. The smallest absolute Gasteiger partial charge is 0.412 e. The summed E-state index contributed by atoms with van der Waals surface area (Å²) in [5.74, 6) is 0. The fourth-order valence-electron chi connectivity index (χ4n) is 0. The maximum atomic E-state index is 8.25. The molecule has 0 amide bonds. The standard InChI is InChI=1S/C2H3N.K.NO3.H2O/c1-2-3;;2-1(3)4;/h1H3;;;1H2/q;+1;-1;. The summed E-state index contributed by atoms with van der Waals surface area (Å²) in [5, 5.41) is 22.1. The molecule has 0 aliphatic carbocycles. The Balaban J connectivity index is -0.0000000233. The second kappa shape index (κ2) is 23.9. The third-order valence-corrected chi connectivity index (χ3v) is 0. The molecule has 9 heavy (non-hydrogen) atoms. The van der Waals surface area contributed by atoms with Crippen molar-refractivity contribution in [1.82, 2.24) is 0 Å². The van der Waals surface area contributed by atoms with Crippen molar-refractivity contribution in [3.8, 4) is 6.07 Å². The predicted molar refractivity (Wildman–Crippen MR) is 25.3 cm³/mol. The molecule has 2 N–H and O–H groups in total. The van der Waals surface area contributed by atoms with Crippen molar-refractivity contribution >= 4 is 0 Å². The third-order valence-electron chi connectivity index (χ3n) is 0. The summed E-state index contributed by atoms with van der Waals surface area (Å²) < 4.78 is 0. The van der Waals surface area contributed by atoms with Crippen molar-refractivity contribution < 1.29 is 61.9 Å². The molecular weight excluding hydrogens is 155 g/mol. The molecule has 0 heterocycles. The van der Waals surface area contributed by atoms with Crippen LogP contribution in [0.15, 0.2) is 0 Å². The normalized spacial score (nSPS) is 3.56. The molecule has 7 heteroatoms. The van der Waals surface area contributed by atoms with Gasteiger partial charge in [0.2, 0.25) is 0 Å². The molecule has 0 aromatic carbocycles. The van der Waals surface area contributed by atoms with Gasteiger partial charge >= 0.3 is 51.4 Å². The van der Waals surface area contributed by atoms with Gasteiger partial charge in [-0.2, -0.15) is 5.26 Å². The summed E-state index contributed by atoms with van der Waals surface area (Å²) in [6, 6.07) is 1.75. The first kappa shape index (κ1) is 22.8. The minimum Gasteiger partial charge on any atom is -0.412 e. The Kier molecular flexibility index (Phi) is 60.7. The molecule has 0 aromatic heterocycles.